The minimum absolute atomic E-state index is 0.109. The molecule has 0 saturated carbocycles. The third-order valence-corrected chi connectivity index (χ3v) is 3.55. The second-order valence-corrected chi connectivity index (χ2v) is 5.87. The van der Waals surface area contributed by atoms with E-state index in [0.29, 0.717) is 0 Å². The largest absolute Gasteiger partial charge is 0.334 e. The summed E-state index contributed by atoms with van der Waals surface area (Å²) in [6, 6.07) is 0. The molecule has 0 aliphatic carbocycles. The van der Waals surface area contributed by atoms with Crippen molar-refractivity contribution in [1.82, 2.24) is 25.5 Å². The van der Waals surface area contributed by atoms with E-state index in [4.69, 9.17) is 0 Å². The first kappa shape index (κ1) is 10.4. The number of nitrogens with zero attached hydrogens (tertiary/aromatic N) is 4. The predicted molar refractivity (Wildman–Crippen MR) is 56.6 cm³/mol. The van der Waals surface area contributed by atoms with Crippen LogP contribution < -0.4 is 0 Å². The van der Waals surface area contributed by atoms with E-state index in [0.717, 1.165) is 18.8 Å². The van der Waals surface area contributed by atoms with E-state index in [1.165, 1.54) is 0 Å². The highest BCUT2D eigenvalue weighted by Crippen LogP contribution is 2.29. The maximum Gasteiger partial charge on any atom is 0.295 e. The number of thioether (sulfide) groups is 1. The molecule has 0 spiro atoms. The van der Waals surface area contributed by atoms with Crippen molar-refractivity contribution in [3.8, 4) is 0 Å². The van der Waals surface area contributed by atoms with Crippen molar-refractivity contribution in [3.05, 3.63) is 5.82 Å². The van der Waals surface area contributed by atoms with Gasteiger partial charge in [-0.05, 0) is 19.1 Å². The molecule has 1 aliphatic heterocycles. The van der Waals surface area contributed by atoms with Gasteiger partial charge in [-0.2, -0.15) is 17.0 Å². The summed E-state index contributed by atoms with van der Waals surface area (Å²) in [6.07, 6.45) is 0. The number of hydrogen-bond acceptors (Lipinski definition) is 5. The fraction of sp³-hybridized carbons (Fsp3) is 0.750. The molecule has 0 unspecified atom stereocenters. The Morgan fingerprint density at radius 3 is 3.00 bits per heavy atom. The van der Waals surface area contributed by atoms with Crippen LogP contribution in [0.2, 0.25) is 0 Å². The smallest absolute Gasteiger partial charge is 0.295 e. The summed E-state index contributed by atoms with van der Waals surface area (Å²) < 4.78 is 0.109. The third kappa shape index (κ3) is 2.28. The molecule has 1 aromatic heterocycles. The number of carbonyl (C=O) groups excluding carboxylic acids is 1. The summed E-state index contributed by atoms with van der Waals surface area (Å²) in [5.74, 6) is 0.964. The Labute approximate surface area is 91.8 Å². The molecule has 82 valence electrons. The van der Waals surface area contributed by atoms with Crippen molar-refractivity contribution in [2.75, 3.05) is 18.8 Å². The SMILES string of the molecule is CC1(C)CN(C(=O)c2nn[nH]n2)CCS1. The number of H-pyrrole nitrogens is 1. The Morgan fingerprint density at radius 2 is 2.40 bits per heavy atom. The first-order chi connectivity index (χ1) is 7.08. The van der Waals surface area contributed by atoms with Crippen molar-refractivity contribution in [1.29, 1.82) is 0 Å². The van der Waals surface area contributed by atoms with Crippen molar-refractivity contribution < 1.29 is 4.79 Å². The van der Waals surface area contributed by atoms with Gasteiger partial charge in [0.25, 0.3) is 11.7 Å². The van der Waals surface area contributed by atoms with Crippen LogP contribution in [0.15, 0.2) is 0 Å². The molecule has 2 heterocycles. The van der Waals surface area contributed by atoms with Crippen molar-refractivity contribution in [2.45, 2.75) is 18.6 Å². The van der Waals surface area contributed by atoms with Gasteiger partial charge in [0.2, 0.25) is 0 Å². The van der Waals surface area contributed by atoms with Crippen LogP contribution in [0.4, 0.5) is 0 Å². The topological polar surface area (TPSA) is 74.8 Å². The van der Waals surface area contributed by atoms with Crippen LogP contribution in [0.5, 0.6) is 0 Å². The van der Waals surface area contributed by atoms with Crippen molar-refractivity contribution in [3.63, 3.8) is 0 Å². The van der Waals surface area contributed by atoms with Gasteiger partial charge in [0, 0.05) is 23.6 Å². The van der Waals surface area contributed by atoms with Crippen LogP contribution in [0.3, 0.4) is 0 Å². The lowest BCUT2D eigenvalue weighted by Gasteiger charge is -2.36. The minimum atomic E-state index is -0.142. The summed E-state index contributed by atoms with van der Waals surface area (Å²) in [5.41, 5.74) is 0. The first-order valence-corrected chi connectivity index (χ1v) is 5.74. The number of rotatable bonds is 1. The molecule has 2 rings (SSSR count). The van der Waals surface area contributed by atoms with E-state index in [-0.39, 0.29) is 16.5 Å². The van der Waals surface area contributed by atoms with Crippen molar-refractivity contribution in [2.24, 2.45) is 0 Å². The van der Waals surface area contributed by atoms with Gasteiger partial charge in [0.1, 0.15) is 0 Å². The summed E-state index contributed by atoms with van der Waals surface area (Å²) in [4.78, 5) is 13.7. The quantitative estimate of drug-likeness (QED) is 0.740. The number of nitrogens with one attached hydrogen (secondary N) is 1. The fourth-order valence-corrected chi connectivity index (χ4v) is 2.70. The Bertz CT molecular complexity index is 350. The van der Waals surface area contributed by atoms with E-state index in [1.807, 2.05) is 11.8 Å². The molecule has 1 N–H and O–H groups in total. The van der Waals surface area contributed by atoms with E-state index in [2.05, 4.69) is 34.5 Å². The first-order valence-electron chi connectivity index (χ1n) is 4.75. The Balaban J connectivity index is 2.08. The zero-order valence-electron chi connectivity index (χ0n) is 8.73. The van der Waals surface area contributed by atoms with Gasteiger partial charge < -0.3 is 4.90 Å². The van der Waals surface area contributed by atoms with E-state index in [9.17, 15) is 4.79 Å². The lowest BCUT2D eigenvalue weighted by atomic mass is 10.2. The van der Waals surface area contributed by atoms with Gasteiger partial charge in [-0.3, -0.25) is 4.79 Å². The Hall–Kier alpha value is -1.11. The zero-order chi connectivity index (χ0) is 10.9. The highest BCUT2D eigenvalue weighted by atomic mass is 32.2. The molecule has 1 aromatic rings. The average molecular weight is 227 g/mol. The molecule has 6 nitrogen and oxygen atoms in total. The van der Waals surface area contributed by atoms with Gasteiger partial charge in [0.05, 0.1) is 0 Å². The normalized spacial score (nSPS) is 20.3. The summed E-state index contributed by atoms with van der Waals surface area (Å²) >= 11 is 1.88. The van der Waals surface area contributed by atoms with E-state index >= 15 is 0 Å². The second kappa shape index (κ2) is 3.80. The maximum atomic E-state index is 11.9. The zero-order valence-corrected chi connectivity index (χ0v) is 9.54. The maximum absolute atomic E-state index is 11.9. The number of hydrogen-bond donors (Lipinski definition) is 1. The molecule has 0 atom stereocenters. The highest BCUT2D eigenvalue weighted by molar-refractivity contribution is 8.00. The molecule has 1 saturated heterocycles. The number of carbonyl (C=O) groups is 1. The number of aromatic nitrogens is 4. The standard InChI is InChI=1S/C8H13N5OS/c1-8(2)5-13(3-4-15-8)7(14)6-9-11-12-10-6/h3-5H2,1-2H3,(H,9,10,11,12). The Morgan fingerprint density at radius 1 is 1.60 bits per heavy atom. The summed E-state index contributed by atoms with van der Waals surface area (Å²) in [5, 5.41) is 13.1. The van der Waals surface area contributed by atoms with Crippen LogP contribution in [0, 0.1) is 0 Å². The Kier molecular flexibility index (Phi) is 2.64. The van der Waals surface area contributed by atoms with Crippen LogP contribution in [0.25, 0.3) is 0 Å². The molecule has 0 bridgehead atoms. The second-order valence-electron chi connectivity index (χ2n) is 4.07. The number of amides is 1. The van der Waals surface area contributed by atoms with Crippen LogP contribution in [-0.2, 0) is 0 Å². The number of aromatic amines is 1. The molecule has 1 aliphatic rings. The molecule has 15 heavy (non-hydrogen) atoms. The summed E-state index contributed by atoms with van der Waals surface area (Å²) in [6.45, 7) is 5.74. The van der Waals surface area contributed by atoms with Crippen LogP contribution >= 0.6 is 11.8 Å². The lowest BCUT2D eigenvalue weighted by Crippen LogP contribution is -2.46. The average Bonchev–Trinajstić information content (AvgIpc) is 2.67. The molecule has 1 amide bonds. The van der Waals surface area contributed by atoms with E-state index in [1.54, 1.807) is 4.90 Å². The monoisotopic (exact) mass is 227 g/mol. The lowest BCUT2D eigenvalue weighted by molar-refractivity contribution is 0.0736. The molecular weight excluding hydrogens is 214 g/mol. The summed E-state index contributed by atoms with van der Waals surface area (Å²) in [7, 11) is 0. The fourth-order valence-electron chi connectivity index (χ4n) is 1.58. The van der Waals surface area contributed by atoms with Gasteiger partial charge in [-0.15, -0.1) is 10.2 Å². The van der Waals surface area contributed by atoms with Gasteiger partial charge in [-0.25, -0.2) is 0 Å². The third-order valence-electron chi connectivity index (χ3n) is 2.25. The van der Waals surface area contributed by atoms with Crippen molar-refractivity contribution >= 4 is 17.7 Å². The van der Waals surface area contributed by atoms with Crippen LogP contribution in [0.1, 0.15) is 24.5 Å². The van der Waals surface area contributed by atoms with E-state index < -0.39 is 0 Å². The van der Waals surface area contributed by atoms with Gasteiger partial charge in [-0.1, -0.05) is 0 Å². The van der Waals surface area contributed by atoms with Gasteiger partial charge >= 0.3 is 0 Å². The minimum Gasteiger partial charge on any atom is -0.334 e. The highest BCUT2D eigenvalue weighted by Gasteiger charge is 2.31. The van der Waals surface area contributed by atoms with Crippen LogP contribution in [-0.4, -0.2) is 55.0 Å². The molecule has 0 radical (unpaired) electrons. The molecule has 0 aromatic carbocycles. The number of tetrazole rings is 1. The molecular formula is C8H13N5OS. The predicted octanol–water partition coefficient (Wildman–Crippen LogP) is 0.167. The molecule has 1 fully saturated rings. The van der Waals surface area contributed by atoms with Gasteiger partial charge in [0.15, 0.2) is 0 Å². The molecule has 7 heteroatoms.